The number of hydrogen-bond acceptors (Lipinski definition) is 8. The molecule has 10 nitrogen and oxygen atoms in total. The van der Waals surface area contributed by atoms with Crippen LogP contribution in [0.5, 0.6) is 0 Å². The van der Waals surface area contributed by atoms with Crippen molar-refractivity contribution in [3.8, 4) is 0 Å². The van der Waals surface area contributed by atoms with E-state index in [2.05, 4.69) is 91.3 Å². The summed E-state index contributed by atoms with van der Waals surface area (Å²) in [5, 5.41) is 8.87. The van der Waals surface area contributed by atoms with Crippen LogP contribution >= 0.6 is 7.82 Å². The van der Waals surface area contributed by atoms with E-state index in [4.69, 9.17) is 24.8 Å². The molecule has 11 heteroatoms. The Morgan fingerprint density at radius 1 is 0.635 bits per heavy atom. The third kappa shape index (κ3) is 35.8. The van der Waals surface area contributed by atoms with Gasteiger partial charge in [0.2, 0.25) is 0 Å². The summed E-state index contributed by atoms with van der Waals surface area (Å²) in [4.78, 5) is 33.4. The number of nitrogens with two attached hydrogens (primary N) is 1. The van der Waals surface area contributed by atoms with Gasteiger partial charge in [-0.05, 0) is 77.0 Å². The zero-order valence-corrected chi connectivity index (χ0v) is 33.0. The molecule has 0 heterocycles. The fourth-order valence-electron chi connectivity index (χ4n) is 4.69. The summed E-state index contributed by atoms with van der Waals surface area (Å²) < 4.78 is 33.2. The molecule has 0 saturated carbocycles. The predicted molar refractivity (Wildman–Crippen MR) is 212 cm³/mol. The Morgan fingerprint density at radius 2 is 1.12 bits per heavy atom. The van der Waals surface area contributed by atoms with Gasteiger partial charge in [0.05, 0.1) is 19.8 Å². The minimum absolute atomic E-state index is 0.00541. The van der Waals surface area contributed by atoms with Crippen LogP contribution in [-0.4, -0.2) is 60.5 Å². The van der Waals surface area contributed by atoms with Crippen LogP contribution in [0, 0.1) is 0 Å². The molecule has 0 saturated heterocycles. The van der Waals surface area contributed by atoms with Gasteiger partial charge in [0.25, 0.3) is 0 Å². The van der Waals surface area contributed by atoms with Gasteiger partial charge in [0.15, 0.2) is 0 Å². The van der Waals surface area contributed by atoms with E-state index in [0.717, 1.165) is 83.5 Å². The van der Waals surface area contributed by atoms with E-state index in [9.17, 15) is 19.0 Å². The Bertz CT molecular complexity index is 1100. The van der Waals surface area contributed by atoms with Gasteiger partial charge in [-0.2, -0.15) is 0 Å². The molecule has 0 aromatic heterocycles. The molecular formula is C41H70NO9P. The van der Waals surface area contributed by atoms with E-state index >= 15 is 0 Å². The lowest BCUT2D eigenvalue weighted by atomic mass is 10.1. The van der Waals surface area contributed by atoms with E-state index in [1.165, 1.54) is 25.7 Å². The second-order valence-electron chi connectivity index (χ2n) is 12.7. The Kier molecular flexibility index (Phi) is 34.9. The van der Waals surface area contributed by atoms with Crippen molar-refractivity contribution in [1.82, 2.24) is 0 Å². The zero-order valence-electron chi connectivity index (χ0n) is 32.1. The second kappa shape index (κ2) is 36.8. The lowest BCUT2D eigenvalue weighted by Crippen LogP contribution is -2.34. The molecule has 0 radical (unpaired) electrons. The number of carbonyl (C=O) groups excluding carboxylic acids is 1. The Morgan fingerprint density at radius 3 is 1.69 bits per heavy atom. The first-order valence-corrected chi connectivity index (χ1v) is 21.0. The molecule has 0 rings (SSSR count). The number of allylic oxidation sites excluding steroid dienone is 12. The molecule has 0 aromatic rings. The third-order valence-corrected chi connectivity index (χ3v) is 8.65. The fourth-order valence-corrected chi connectivity index (χ4v) is 5.47. The van der Waals surface area contributed by atoms with Gasteiger partial charge in [0, 0.05) is 13.0 Å². The third-order valence-electron chi connectivity index (χ3n) is 7.70. The summed E-state index contributed by atoms with van der Waals surface area (Å²) in [5.41, 5.74) is 5.33. The maximum Gasteiger partial charge on any atom is 0.472 e. The Labute approximate surface area is 314 Å². The summed E-state index contributed by atoms with van der Waals surface area (Å²) in [6.45, 7) is 3.62. The molecule has 3 unspecified atom stereocenters. The van der Waals surface area contributed by atoms with Crippen molar-refractivity contribution in [2.24, 2.45) is 5.73 Å². The number of aliphatic carboxylic acids is 1. The Hall–Kier alpha value is -2.59. The summed E-state index contributed by atoms with van der Waals surface area (Å²) in [6.07, 6.45) is 43.9. The number of carboxylic acid groups (broad SMARTS) is 1. The number of unbranched alkanes of at least 4 members (excludes halogenated alkanes) is 10. The predicted octanol–water partition coefficient (Wildman–Crippen LogP) is 10.2. The van der Waals surface area contributed by atoms with E-state index in [1.807, 2.05) is 0 Å². The SMILES string of the molecule is CC/C=C\C/C=C\C/C=C\C/C=C\C/C=C\CCCCCC(=O)OC(COCCCCCCCC/C=C\CCC)COP(=O)(O)OCC(N)C(=O)O. The van der Waals surface area contributed by atoms with E-state index in [-0.39, 0.29) is 13.0 Å². The van der Waals surface area contributed by atoms with Crippen LogP contribution in [0.1, 0.15) is 136 Å². The second-order valence-corrected chi connectivity index (χ2v) is 14.1. The number of hydrogen-bond donors (Lipinski definition) is 3. The lowest BCUT2D eigenvalue weighted by molar-refractivity contribution is -0.154. The fraction of sp³-hybridized carbons (Fsp3) is 0.659. The number of carbonyl (C=O) groups is 2. The van der Waals surface area contributed by atoms with Crippen LogP contribution in [0.2, 0.25) is 0 Å². The first kappa shape index (κ1) is 49.4. The van der Waals surface area contributed by atoms with Crippen LogP contribution in [0.15, 0.2) is 72.9 Å². The number of ether oxygens (including phenoxy) is 2. The monoisotopic (exact) mass is 751 g/mol. The molecule has 0 bridgehead atoms. The van der Waals surface area contributed by atoms with Crippen LogP contribution in [0.25, 0.3) is 0 Å². The first-order valence-electron chi connectivity index (χ1n) is 19.5. The highest BCUT2D eigenvalue weighted by molar-refractivity contribution is 7.47. The lowest BCUT2D eigenvalue weighted by Gasteiger charge is -2.20. The highest BCUT2D eigenvalue weighted by Gasteiger charge is 2.27. The molecular weight excluding hydrogens is 681 g/mol. The number of phosphoric acid groups is 1. The standard InChI is InChI=1S/C41H70NO9P/c1-3-5-7-9-11-13-15-16-17-18-19-20-21-22-23-25-27-29-31-33-40(43)51-38(36-49-52(46,47)50-37-39(42)41(44)45)35-48-34-32-30-28-26-24-14-12-10-8-6-4-2/h5,7-8,10-11,13,16-17,19-20,22-23,38-39H,3-4,6,9,12,14-15,18,21,24-37,42H2,1-2H3,(H,44,45)(H,46,47)/b7-5-,10-8-,13-11-,17-16-,20-19-,23-22-. The quantitative estimate of drug-likeness (QED) is 0.0244. The van der Waals surface area contributed by atoms with Crippen molar-refractivity contribution >= 4 is 19.8 Å². The number of carboxylic acids is 1. The molecule has 0 spiro atoms. The van der Waals surface area contributed by atoms with Gasteiger partial charge in [-0.1, -0.05) is 125 Å². The van der Waals surface area contributed by atoms with Crippen LogP contribution in [-0.2, 0) is 32.7 Å². The van der Waals surface area contributed by atoms with Crippen molar-refractivity contribution < 1.29 is 42.7 Å². The van der Waals surface area contributed by atoms with Crippen LogP contribution in [0.4, 0.5) is 0 Å². The van der Waals surface area contributed by atoms with Crippen LogP contribution in [0.3, 0.4) is 0 Å². The van der Waals surface area contributed by atoms with E-state index in [1.54, 1.807) is 0 Å². The average Bonchev–Trinajstić information content (AvgIpc) is 3.12. The summed E-state index contributed by atoms with van der Waals surface area (Å²) >= 11 is 0. The van der Waals surface area contributed by atoms with Crippen molar-refractivity contribution in [1.29, 1.82) is 0 Å². The van der Waals surface area contributed by atoms with Crippen molar-refractivity contribution in [3.05, 3.63) is 72.9 Å². The minimum atomic E-state index is -4.62. The first-order chi connectivity index (χ1) is 25.2. The van der Waals surface area contributed by atoms with Gasteiger partial charge in [-0.15, -0.1) is 0 Å². The van der Waals surface area contributed by atoms with Gasteiger partial charge in [0.1, 0.15) is 12.1 Å². The number of esters is 1. The molecule has 298 valence electrons. The highest BCUT2D eigenvalue weighted by atomic mass is 31.2. The average molecular weight is 752 g/mol. The molecule has 3 atom stereocenters. The summed E-state index contributed by atoms with van der Waals surface area (Å²) in [7, 11) is -4.62. The van der Waals surface area contributed by atoms with Crippen molar-refractivity contribution in [2.45, 2.75) is 148 Å². The van der Waals surface area contributed by atoms with Gasteiger partial charge in [-0.3, -0.25) is 18.6 Å². The normalized spacial score (nSPS) is 14.8. The molecule has 0 amide bonds. The molecule has 4 N–H and O–H groups in total. The smallest absolute Gasteiger partial charge is 0.472 e. The molecule has 0 fully saturated rings. The number of rotatable bonds is 36. The molecule has 0 aliphatic heterocycles. The van der Waals surface area contributed by atoms with Gasteiger partial charge in [-0.25, -0.2) is 4.57 Å². The topological polar surface area (TPSA) is 155 Å². The van der Waals surface area contributed by atoms with Crippen molar-refractivity contribution in [2.75, 3.05) is 26.4 Å². The molecule has 52 heavy (non-hydrogen) atoms. The van der Waals surface area contributed by atoms with E-state index in [0.29, 0.717) is 13.0 Å². The maximum atomic E-state index is 12.6. The van der Waals surface area contributed by atoms with E-state index < -0.39 is 45.1 Å². The molecule has 0 aliphatic carbocycles. The maximum absolute atomic E-state index is 12.6. The summed E-state index contributed by atoms with van der Waals surface area (Å²) in [5.74, 6) is -1.82. The Balaban J connectivity index is 4.37. The minimum Gasteiger partial charge on any atom is -0.480 e. The van der Waals surface area contributed by atoms with Crippen LogP contribution < -0.4 is 5.73 Å². The van der Waals surface area contributed by atoms with Gasteiger partial charge < -0.3 is 25.2 Å². The molecule has 0 aromatic carbocycles. The summed E-state index contributed by atoms with van der Waals surface area (Å²) in [6, 6.07) is -1.48. The number of phosphoric ester groups is 1. The largest absolute Gasteiger partial charge is 0.480 e. The zero-order chi connectivity index (χ0) is 38.4. The van der Waals surface area contributed by atoms with Crippen molar-refractivity contribution in [3.63, 3.8) is 0 Å². The molecule has 0 aliphatic rings. The highest BCUT2D eigenvalue weighted by Crippen LogP contribution is 2.43. The van der Waals surface area contributed by atoms with Gasteiger partial charge >= 0.3 is 19.8 Å².